The second kappa shape index (κ2) is 8.94. The van der Waals surface area contributed by atoms with Gasteiger partial charge < -0.3 is 10.2 Å². The van der Waals surface area contributed by atoms with Crippen LogP contribution >= 0.6 is 0 Å². The molecule has 1 aliphatic rings. The predicted octanol–water partition coefficient (Wildman–Crippen LogP) is 0.640. The van der Waals surface area contributed by atoms with Crippen molar-refractivity contribution in [3.05, 3.63) is 33.3 Å². The van der Waals surface area contributed by atoms with E-state index in [1.807, 2.05) is 37.5 Å². The molecule has 3 rings (SSSR count). The second-order valence-corrected chi connectivity index (χ2v) is 8.24. The molecule has 0 aliphatic carbocycles. The Hall–Kier alpha value is -2.42. The van der Waals surface area contributed by atoms with Gasteiger partial charge in [-0.05, 0) is 53.3 Å². The van der Waals surface area contributed by atoms with E-state index in [-0.39, 0.29) is 17.6 Å². The van der Waals surface area contributed by atoms with Crippen LogP contribution in [0.2, 0.25) is 0 Å². The van der Waals surface area contributed by atoms with Crippen LogP contribution in [0.4, 0.5) is 0 Å². The molecule has 1 atom stereocenters. The zero-order valence-electron chi connectivity index (χ0n) is 18.2. The molecular formula is C20H33N7O2. The van der Waals surface area contributed by atoms with Gasteiger partial charge in [-0.15, -0.1) is 0 Å². The maximum absolute atomic E-state index is 12.6. The first-order chi connectivity index (χ1) is 13.8. The lowest BCUT2D eigenvalue weighted by atomic mass is 10.1. The summed E-state index contributed by atoms with van der Waals surface area (Å²) in [6.07, 6.45) is 2.65. The summed E-state index contributed by atoms with van der Waals surface area (Å²) in [5.74, 6) is 0.853. The van der Waals surface area contributed by atoms with E-state index in [0.29, 0.717) is 32.5 Å². The number of aromatic nitrogens is 5. The molecule has 0 fully saturated rings. The van der Waals surface area contributed by atoms with Crippen molar-refractivity contribution in [2.24, 2.45) is 0 Å². The fourth-order valence-corrected chi connectivity index (χ4v) is 3.72. The van der Waals surface area contributed by atoms with Crippen molar-refractivity contribution in [1.82, 2.24) is 34.3 Å². The summed E-state index contributed by atoms with van der Waals surface area (Å²) in [4.78, 5) is 27.0. The minimum absolute atomic E-state index is 0.0307. The van der Waals surface area contributed by atoms with Crippen molar-refractivity contribution in [2.75, 3.05) is 20.6 Å². The third-order valence-electron chi connectivity index (χ3n) is 5.84. The molecule has 1 N–H and O–H groups in total. The van der Waals surface area contributed by atoms with Crippen LogP contribution in [-0.4, -0.2) is 61.6 Å². The average Bonchev–Trinajstić information content (AvgIpc) is 3.00. The zero-order valence-corrected chi connectivity index (χ0v) is 18.2. The van der Waals surface area contributed by atoms with Crippen LogP contribution in [-0.2, 0) is 30.8 Å². The minimum atomic E-state index is -0.0475. The quantitative estimate of drug-likeness (QED) is 0.733. The van der Waals surface area contributed by atoms with Gasteiger partial charge >= 0.3 is 5.69 Å². The summed E-state index contributed by atoms with van der Waals surface area (Å²) in [6.45, 7) is 8.63. The van der Waals surface area contributed by atoms with E-state index in [1.165, 1.54) is 5.56 Å². The Labute approximate surface area is 171 Å². The fourth-order valence-electron chi connectivity index (χ4n) is 3.72. The lowest BCUT2D eigenvalue weighted by molar-refractivity contribution is -0.122. The number of aryl methyl sites for hydroxylation is 3. The molecule has 0 spiro atoms. The molecular weight excluding hydrogens is 370 g/mol. The summed E-state index contributed by atoms with van der Waals surface area (Å²) in [7, 11) is 3.96. The van der Waals surface area contributed by atoms with Gasteiger partial charge in [0.2, 0.25) is 5.91 Å². The van der Waals surface area contributed by atoms with Crippen LogP contribution < -0.4 is 11.0 Å². The van der Waals surface area contributed by atoms with Gasteiger partial charge in [-0.25, -0.2) is 9.48 Å². The Kier molecular flexibility index (Phi) is 6.56. The molecule has 9 heteroatoms. The molecule has 2 aromatic rings. The Morgan fingerprint density at radius 1 is 1.14 bits per heavy atom. The Bertz CT molecular complexity index is 922. The first-order valence-electron chi connectivity index (χ1n) is 10.4. The zero-order chi connectivity index (χ0) is 21.1. The minimum Gasteiger partial charge on any atom is -0.353 e. The number of nitrogens with one attached hydrogen (secondary N) is 1. The molecule has 1 unspecified atom stereocenters. The van der Waals surface area contributed by atoms with Crippen molar-refractivity contribution in [3.8, 4) is 0 Å². The molecule has 0 saturated carbocycles. The highest BCUT2D eigenvalue weighted by Crippen LogP contribution is 2.13. The Morgan fingerprint density at radius 3 is 2.55 bits per heavy atom. The summed E-state index contributed by atoms with van der Waals surface area (Å²) in [6, 6.07) is 0.0704. The normalized spacial score (nSPS) is 16.7. The molecule has 2 aromatic heterocycles. The molecule has 1 aliphatic heterocycles. The smallest absolute Gasteiger partial charge is 0.345 e. The lowest BCUT2D eigenvalue weighted by Gasteiger charge is -2.16. The third kappa shape index (κ3) is 4.95. The van der Waals surface area contributed by atoms with Crippen LogP contribution in [0.3, 0.4) is 0 Å². The van der Waals surface area contributed by atoms with E-state index < -0.39 is 0 Å². The summed E-state index contributed by atoms with van der Waals surface area (Å²) >= 11 is 0. The summed E-state index contributed by atoms with van der Waals surface area (Å²) in [5.41, 5.74) is 3.26. The summed E-state index contributed by atoms with van der Waals surface area (Å²) in [5, 5.41) is 12.1. The van der Waals surface area contributed by atoms with Crippen LogP contribution in [0.15, 0.2) is 4.79 Å². The number of carbonyl (C=O) groups excluding carboxylic acids is 1. The van der Waals surface area contributed by atoms with Gasteiger partial charge in [0.05, 0.1) is 12.2 Å². The molecule has 9 nitrogen and oxygen atoms in total. The third-order valence-corrected chi connectivity index (χ3v) is 5.84. The highest BCUT2D eigenvalue weighted by atomic mass is 16.2. The average molecular weight is 404 g/mol. The van der Waals surface area contributed by atoms with Gasteiger partial charge in [-0.3, -0.25) is 14.0 Å². The second-order valence-electron chi connectivity index (χ2n) is 8.24. The number of amides is 1. The Morgan fingerprint density at radius 2 is 1.90 bits per heavy atom. The number of fused-ring (bicyclic) bond motifs is 1. The number of nitrogens with zero attached hydrogens (tertiary/aromatic N) is 6. The van der Waals surface area contributed by atoms with Crippen LogP contribution in [0.1, 0.15) is 42.0 Å². The molecule has 0 radical (unpaired) electrons. The summed E-state index contributed by atoms with van der Waals surface area (Å²) < 4.78 is 5.23. The van der Waals surface area contributed by atoms with Gasteiger partial charge in [0.1, 0.15) is 5.82 Å². The highest BCUT2D eigenvalue weighted by Gasteiger charge is 2.22. The van der Waals surface area contributed by atoms with Gasteiger partial charge in [0.25, 0.3) is 0 Å². The number of hydrogen-bond acceptors (Lipinski definition) is 5. The maximum atomic E-state index is 12.6. The maximum Gasteiger partial charge on any atom is 0.345 e. The van der Waals surface area contributed by atoms with Crippen molar-refractivity contribution >= 4 is 5.91 Å². The van der Waals surface area contributed by atoms with Crippen LogP contribution in [0.25, 0.3) is 0 Å². The van der Waals surface area contributed by atoms with Crippen LogP contribution in [0, 0.1) is 20.8 Å². The van der Waals surface area contributed by atoms with Crippen LogP contribution in [0.5, 0.6) is 0 Å². The first kappa shape index (κ1) is 21.3. The van der Waals surface area contributed by atoms with Crippen molar-refractivity contribution < 1.29 is 4.79 Å². The molecule has 3 heterocycles. The SMILES string of the molecule is Cc1nn(CCC(=O)NC2CCc3nn(CCN(C)C)c(=O)n3CC2)c(C)c1C. The van der Waals surface area contributed by atoms with Crippen molar-refractivity contribution in [2.45, 2.75) is 72.1 Å². The monoisotopic (exact) mass is 403 g/mol. The highest BCUT2D eigenvalue weighted by molar-refractivity contribution is 5.76. The van der Waals surface area contributed by atoms with Crippen molar-refractivity contribution in [1.29, 1.82) is 0 Å². The van der Waals surface area contributed by atoms with E-state index in [2.05, 4.69) is 22.4 Å². The van der Waals surface area contributed by atoms with Gasteiger partial charge in [0, 0.05) is 44.2 Å². The van der Waals surface area contributed by atoms with Gasteiger partial charge in [0.15, 0.2) is 0 Å². The number of hydrogen-bond donors (Lipinski definition) is 1. The molecule has 0 aromatic carbocycles. The largest absolute Gasteiger partial charge is 0.353 e. The molecule has 29 heavy (non-hydrogen) atoms. The van der Waals surface area contributed by atoms with E-state index in [1.54, 1.807) is 9.25 Å². The van der Waals surface area contributed by atoms with Crippen molar-refractivity contribution in [3.63, 3.8) is 0 Å². The number of carbonyl (C=O) groups is 1. The molecule has 1 amide bonds. The number of likely N-dealkylation sites (N-methyl/N-ethyl adjacent to an activating group) is 1. The topological polar surface area (TPSA) is 90.0 Å². The number of rotatable bonds is 7. The van der Waals surface area contributed by atoms with E-state index >= 15 is 0 Å². The van der Waals surface area contributed by atoms with Gasteiger partial charge in [-0.1, -0.05) is 0 Å². The van der Waals surface area contributed by atoms with E-state index in [9.17, 15) is 9.59 Å². The van der Waals surface area contributed by atoms with Gasteiger partial charge in [-0.2, -0.15) is 10.2 Å². The lowest BCUT2D eigenvalue weighted by Crippen LogP contribution is -2.36. The molecule has 0 bridgehead atoms. The Balaban J connectivity index is 1.52. The standard InChI is InChI=1S/C20H33N7O2/c1-14-15(2)22-26(16(14)3)11-9-19(28)21-17-6-7-18-23-27(13-12-24(4)5)20(29)25(18)10-8-17/h17H,6-13H2,1-5H3,(H,21,28). The fraction of sp³-hybridized carbons (Fsp3) is 0.700. The molecule has 160 valence electrons. The first-order valence-corrected chi connectivity index (χ1v) is 10.4. The van der Waals surface area contributed by atoms with E-state index in [0.717, 1.165) is 36.6 Å². The molecule has 0 saturated heterocycles. The van der Waals surface area contributed by atoms with E-state index in [4.69, 9.17) is 0 Å². The predicted molar refractivity (Wildman–Crippen MR) is 111 cm³/mol.